The molecular weight excluding hydrogens is 328 g/mol. The van der Waals surface area contributed by atoms with E-state index in [-0.39, 0.29) is 11.9 Å². The number of fused-ring (bicyclic) bond motifs is 1. The number of para-hydroxylation sites is 1. The lowest BCUT2D eigenvalue weighted by Crippen LogP contribution is -2.36. The molecule has 1 amide bonds. The monoisotopic (exact) mass is 350 g/mol. The number of aromatic nitrogens is 1. The number of methoxy groups -OCH3 is 1. The topological polar surface area (TPSA) is 78.5 Å². The standard InChI is InChI=1S/C20H22N4O2/c1-3-18(23-15-8-10-16(26-2)11-9-15)20(25)24-22-13-14-12-21-19-7-5-4-6-17(14)19/h4-13,18,21,23H,3H2,1-2H3,(H,24,25)/b22-13-/t18-/m0/s1. The van der Waals surface area contributed by atoms with Crippen LogP contribution in [0.2, 0.25) is 0 Å². The number of benzene rings is 2. The van der Waals surface area contributed by atoms with Crippen molar-refractivity contribution in [3.63, 3.8) is 0 Å². The smallest absolute Gasteiger partial charge is 0.262 e. The zero-order valence-electron chi connectivity index (χ0n) is 14.8. The van der Waals surface area contributed by atoms with Crippen molar-refractivity contribution >= 4 is 28.7 Å². The highest BCUT2D eigenvalue weighted by atomic mass is 16.5. The maximum atomic E-state index is 12.4. The van der Waals surface area contributed by atoms with Crippen LogP contribution in [0.3, 0.4) is 0 Å². The third-order valence-electron chi connectivity index (χ3n) is 4.16. The molecule has 2 aromatic carbocycles. The van der Waals surface area contributed by atoms with Crippen LogP contribution in [0.25, 0.3) is 10.9 Å². The number of hydrazone groups is 1. The number of nitrogens with one attached hydrogen (secondary N) is 3. The van der Waals surface area contributed by atoms with Crippen LogP contribution in [0.5, 0.6) is 5.75 Å². The van der Waals surface area contributed by atoms with Gasteiger partial charge in [0.15, 0.2) is 0 Å². The second kappa shape index (κ2) is 8.20. The van der Waals surface area contributed by atoms with Gasteiger partial charge in [-0.05, 0) is 36.8 Å². The number of H-pyrrole nitrogens is 1. The Hall–Kier alpha value is -3.28. The van der Waals surface area contributed by atoms with Crippen molar-refractivity contribution in [1.82, 2.24) is 10.4 Å². The molecule has 0 aliphatic carbocycles. The number of hydrogen-bond acceptors (Lipinski definition) is 4. The Bertz CT molecular complexity index is 900. The maximum Gasteiger partial charge on any atom is 0.262 e. The van der Waals surface area contributed by atoms with Crippen molar-refractivity contribution in [2.45, 2.75) is 19.4 Å². The van der Waals surface area contributed by atoms with Gasteiger partial charge in [0.2, 0.25) is 0 Å². The number of carbonyl (C=O) groups is 1. The van der Waals surface area contributed by atoms with E-state index in [9.17, 15) is 4.79 Å². The highest BCUT2D eigenvalue weighted by molar-refractivity contribution is 5.99. The van der Waals surface area contributed by atoms with E-state index in [1.165, 1.54) is 0 Å². The van der Waals surface area contributed by atoms with Crippen molar-refractivity contribution < 1.29 is 9.53 Å². The van der Waals surface area contributed by atoms with E-state index < -0.39 is 0 Å². The third-order valence-corrected chi connectivity index (χ3v) is 4.16. The number of hydrogen-bond donors (Lipinski definition) is 3. The summed E-state index contributed by atoms with van der Waals surface area (Å²) in [5, 5.41) is 8.37. The molecule has 26 heavy (non-hydrogen) atoms. The molecule has 0 unspecified atom stereocenters. The Morgan fingerprint density at radius 2 is 2.00 bits per heavy atom. The molecule has 6 nitrogen and oxygen atoms in total. The van der Waals surface area contributed by atoms with Gasteiger partial charge in [-0.1, -0.05) is 25.1 Å². The van der Waals surface area contributed by atoms with Gasteiger partial charge in [-0.3, -0.25) is 4.79 Å². The first-order valence-corrected chi connectivity index (χ1v) is 8.51. The molecule has 3 aromatic rings. The highest BCUT2D eigenvalue weighted by Gasteiger charge is 2.15. The molecule has 3 rings (SSSR count). The first-order valence-electron chi connectivity index (χ1n) is 8.51. The molecular formula is C20H22N4O2. The first-order chi connectivity index (χ1) is 12.7. The molecule has 0 aliphatic rings. The Kier molecular flexibility index (Phi) is 5.53. The molecule has 1 aromatic heterocycles. The number of aromatic amines is 1. The van der Waals surface area contributed by atoms with Gasteiger partial charge in [-0.25, -0.2) is 5.43 Å². The van der Waals surface area contributed by atoms with Crippen LogP contribution < -0.4 is 15.5 Å². The van der Waals surface area contributed by atoms with Crippen LogP contribution in [0.15, 0.2) is 59.8 Å². The van der Waals surface area contributed by atoms with Gasteiger partial charge in [-0.15, -0.1) is 0 Å². The number of anilines is 1. The minimum absolute atomic E-state index is 0.181. The van der Waals surface area contributed by atoms with Gasteiger partial charge in [0, 0.05) is 28.4 Å². The average Bonchev–Trinajstić information content (AvgIpc) is 3.09. The summed E-state index contributed by atoms with van der Waals surface area (Å²) >= 11 is 0. The van der Waals surface area contributed by atoms with Gasteiger partial charge < -0.3 is 15.0 Å². The molecule has 3 N–H and O–H groups in total. The van der Waals surface area contributed by atoms with Crippen LogP contribution >= 0.6 is 0 Å². The lowest BCUT2D eigenvalue weighted by molar-refractivity contribution is -0.121. The predicted molar refractivity (Wildman–Crippen MR) is 105 cm³/mol. The number of ether oxygens (including phenoxy) is 1. The maximum absolute atomic E-state index is 12.4. The van der Waals surface area contributed by atoms with E-state index in [0.29, 0.717) is 6.42 Å². The zero-order valence-corrected chi connectivity index (χ0v) is 14.8. The summed E-state index contributed by atoms with van der Waals surface area (Å²) < 4.78 is 5.14. The first kappa shape index (κ1) is 17.5. The van der Waals surface area contributed by atoms with E-state index >= 15 is 0 Å². The molecule has 0 radical (unpaired) electrons. The third kappa shape index (κ3) is 4.03. The molecule has 0 spiro atoms. The van der Waals surface area contributed by atoms with Crippen molar-refractivity contribution in [2.75, 3.05) is 12.4 Å². The van der Waals surface area contributed by atoms with Crippen LogP contribution in [0.4, 0.5) is 5.69 Å². The van der Waals surface area contributed by atoms with Crippen LogP contribution in [0, 0.1) is 0 Å². The number of amides is 1. The van der Waals surface area contributed by atoms with Gasteiger partial charge in [0.25, 0.3) is 5.91 Å². The number of rotatable bonds is 7. The molecule has 6 heteroatoms. The van der Waals surface area contributed by atoms with Crippen molar-refractivity contribution in [3.8, 4) is 5.75 Å². The van der Waals surface area contributed by atoms with E-state index in [1.807, 2.05) is 61.7 Å². The Labute approximate surface area is 152 Å². The summed E-state index contributed by atoms with van der Waals surface area (Å²) in [7, 11) is 1.62. The zero-order chi connectivity index (χ0) is 18.4. The fraction of sp³-hybridized carbons (Fsp3) is 0.200. The lowest BCUT2D eigenvalue weighted by atomic mass is 10.2. The van der Waals surface area contributed by atoms with Gasteiger partial charge in [0.05, 0.1) is 13.3 Å². The number of carbonyl (C=O) groups excluding carboxylic acids is 1. The molecule has 0 bridgehead atoms. The summed E-state index contributed by atoms with van der Waals surface area (Å²) in [6.07, 6.45) is 4.16. The Balaban J connectivity index is 1.61. The van der Waals surface area contributed by atoms with Gasteiger partial charge in [-0.2, -0.15) is 5.10 Å². The predicted octanol–water partition coefficient (Wildman–Crippen LogP) is 3.52. The molecule has 0 fully saturated rings. The van der Waals surface area contributed by atoms with Crippen molar-refractivity contribution in [1.29, 1.82) is 0 Å². The molecule has 1 heterocycles. The minimum atomic E-state index is -0.372. The van der Waals surface area contributed by atoms with E-state index in [0.717, 1.165) is 27.9 Å². The summed E-state index contributed by atoms with van der Waals surface area (Å²) in [5.74, 6) is 0.593. The van der Waals surface area contributed by atoms with Crippen LogP contribution in [-0.4, -0.2) is 30.3 Å². The Morgan fingerprint density at radius 3 is 2.73 bits per heavy atom. The molecule has 1 atom stereocenters. The average molecular weight is 350 g/mol. The summed E-state index contributed by atoms with van der Waals surface area (Å²) in [6.45, 7) is 1.95. The molecule has 0 saturated carbocycles. The second-order valence-corrected chi connectivity index (χ2v) is 5.86. The number of nitrogens with zero attached hydrogens (tertiary/aromatic N) is 1. The normalized spacial score (nSPS) is 12.2. The SMILES string of the molecule is CC[C@H](Nc1ccc(OC)cc1)C(=O)N/N=C\c1c[nH]c2ccccc12. The van der Waals surface area contributed by atoms with Crippen molar-refractivity contribution in [2.24, 2.45) is 5.10 Å². The highest BCUT2D eigenvalue weighted by Crippen LogP contribution is 2.17. The Morgan fingerprint density at radius 1 is 1.23 bits per heavy atom. The van der Waals surface area contributed by atoms with Crippen LogP contribution in [-0.2, 0) is 4.79 Å². The quantitative estimate of drug-likeness (QED) is 0.451. The minimum Gasteiger partial charge on any atom is -0.497 e. The van der Waals surface area contributed by atoms with Gasteiger partial charge >= 0.3 is 0 Å². The van der Waals surface area contributed by atoms with E-state index in [4.69, 9.17) is 4.74 Å². The second-order valence-electron chi connectivity index (χ2n) is 5.86. The largest absolute Gasteiger partial charge is 0.497 e. The van der Waals surface area contributed by atoms with E-state index in [2.05, 4.69) is 20.8 Å². The fourth-order valence-corrected chi connectivity index (χ4v) is 2.69. The summed E-state index contributed by atoms with van der Waals surface area (Å²) in [5.41, 5.74) is 5.43. The fourth-order valence-electron chi connectivity index (χ4n) is 2.69. The van der Waals surface area contributed by atoms with Gasteiger partial charge in [0.1, 0.15) is 11.8 Å². The lowest BCUT2D eigenvalue weighted by Gasteiger charge is -2.16. The van der Waals surface area contributed by atoms with Crippen LogP contribution in [0.1, 0.15) is 18.9 Å². The summed E-state index contributed by atoms with van der Waals surface area (Å²) in [6, 6.07) is 15.0. The molecule has 134 valence electrons. The molecule has 0 aliphatic heterocycles. The van der Waals surface area contributed by atoms with Crippen molar-refractivity contribution in [3.05, 3.63) is 60.3 Å². The molecule has 0 saturated heterocycles. The van der Waals surface area contributed by atoms with E-state index in [1.54, 1.807) is 13.3 Å². The summed E-state index contributed by atoms with van der Waals surface area (Å²) in [4.78, 5) is 15.5.